The molecule has 3 nitrogen and oxygen atoms in total. The fourth-order valence-electron chi connectivity index (χ4n) is 2.69. The maximum absolute atomic E-state index is 12.0. The van der Waals surface area contributed by atoms with E-state index in [1.807, 2.05) is 25.1 Å². The SMILES string of the molecule is COc1ccc(CC(=O)NC2CCCCC2)c(C)c1. The second-order valence-corrected chi connectivity index (χ2v) is 5.37. The molecule has 2 rings (SSSR count). The van der Waals surface area contributed by atoms with E-state index in [2.05, 4.69) is 5.32 Å². The number of hydrogen-bond acceptors (Lipinski definition) is 2. The van der Waals surface area contributed by atoms with Crippen LogP contribution in [0.5, 0.6) is 5.75 Å². The number of aryl methyl sites for hydroxylation is 1. The molecule has 0 unspecified atom stereocenters. The quantitative estimate of drug-likeness (QED) is 0.905. The Morgan fingerprint density at radius 1 is 1.32 bits per heavy atom. The smallest absolute Gasteiger partial charge is 0.224 e. The zero-order chi connectivity index (χ0) is 13.7. The highest BCUT2D eigenvalue weighted by molar-refractivity contribution is 5.79. The van der Waals surface area contributed by atoms with Gasteiger partial charge >= 0.3 is 0 Å². The van der Waals surface area contributed by atoms with Crippen molar-refractivity contribution in [1.29, 1.82) is 0 Å². The summed E-state index contributed by atoms with van der Waals surface area (Å²) in [6.07, 6.45) is 6.52. The van der Waals surface area contributed by atoms with Gasteiger partial charge in [0.1, 0.15) is 5.75 Å². The van der Waals surface area contributed by atoms with Crippen molar-refractivity contribution in [2.45, 2.75) is 51.5 Å². The van der Waals surface area contributed by atoms with E-state index in [1.165, 1.54) is 19.3 Å². The topological polar surface area (TPSA) is 38.3 Å². The van der Waals surface area contributed by atoms with Gasteiger partial charge in [-0.1, -0.05) is 25.3 Å². The van der Waals surface area contributed by atoms with Crippen molar-refractivity contribution in [3.63, 3.8) is 0 Å². The van der Waals surface area contributed by atoms with E-state index in [1.54, 1.807) is 7.11 Å². The van der Waals surface area contributed by atoms with Gasteiger partial charge in [-0.2, -0.15) is 0 Å². The van der Waals surface area contributed by atoms with Gasteiger partial charge in [-0.25, -0.2) is 0 Å². The second kappa shape index (κ2) is 6.60. The van der Waals surface area contributed by atoms with Gasteiger partial charge in [0, 0.05) is 6.04 Å². The van der Waals surface area contributed by atoms with E-state index in [9.17, 15) is 4.79 Å². The lowest BCUT2D eigenvalue weighted by molar-refractivity contribution is -0.121. The van der Waals surface area contributed by atoms with Crippen LogP contribution < -0.4 is 10.1 Å². The number of methoxy groups -OCH3 is 1. The molecule has 19 heavy (non-hydrogen) atoms. The summed E-state index contributed by atoms with van der Waals surface area (Å²) in [4.78, 5) is 12.0. The van der Waals surface area contributed by atoms with Crippen molar-refractivity contribution in [1.82, 2.24) is 5.32 Å². The van der Waals surface area contributed by atoms with Crippen LogP contribution in [0.2, 0.25) is 0 Å². The van der Waals surface area contributed by atoms with E-state index in [4.69, 9.17) is 4.74 Å². The van der Waals surface area contributed by atoms with E-state index in [0.29, 0.717) is 12.5 Å². The third kappa shape index (κ3) is 3.98. The largest absolute Gasteiger partial charge is 0.497 e. The molecule has 1 saturated carbocycles. The van der Waals surface area contributed by atoms with Crippen LogP contribution >= 0.6 is 0 Å². The maximum Gasteiger partial charge on any atom is 0.224 e. The van der Waals surface area contributed by atoms with Gasteiger partial charge in [-0.05, 0) is 43.0 Å². The summed E-state index contributed by atoms with van der Waals surface area (Å²) in [6, 6.07) is 6.26. The highest BCUT2D eigenvalue weighted by atomic mass is 16.5. The predicted octanol–water partition coefficient (Wildman–Crippen LogP) is 3.00. The molecule has 1 aromatic rings. The summed E-state index contributed by atoms with van der Waals surface area (Å²) >= 11 is 0. The summed E-state index contributed by atoms with van der Waals surface area (Å²) in [7, 11) is 1.66. The summed E-state index contributed by atoms with van der Waals surface area (Å²) in [5.41, 5.74) is 2.19. The predicted molar refractivity (Wildman–Crippen MR) is 76.5 cm³/mol. The maximum atomic E-state index is 12.0. The fourth-order valence-corrected chi connectivity index (χ4v) is 2.69. The fraction of sp³-hybridized carbons (Fsp3) is 0.562. The molecular formula is C16H23NO2. The molecule has 0 aliphatic heterocycles. The van der Waals surface area contributed by atoms with Gasteiger partial charge in [-0.3, -0.25) is 4.79 Å². The molecule has 0 radical (unpaired) electrons. The average Bonchev–Trinajstić information content (AvgIpc) is 2.42. The normalized spacial score (nSPS) is 16.1. The van der Waals surface area contributed by atoms with E-state index in [-0.39, 0.29) is 5.91 Å². The van der Waals surface area contributed by atoms with Gasteiger partial charge in [-0.15, -0.1) is 0 Å². The minimum absolute atomic E-state index is 0.139. The van der Waals surface area contributed by atoms with Gasteiger partial charge in [0.15, 0.2) is 0 Å². The van der Waals surface area contributed by atoms with Crippen LogP contribution in [0.15, 0.2) is 18.2 Å². The molecule has 0 bridgehead atoms. The standard InChI is InChI=1S/C16H23NO2/c1-12-10-15(19-2)9-8-13(12)11-16(18)17-14-6-4-3-5-7-14/h8-10,14H,3-7,11H2,1-2H3,(H,17,18). The monoisotopic (exact) mass is 261 g/mol. The van der Waals surface area contributed by atoms with E-state index < -0.39 is 0 Å². The molecule has 104 valence electrons. The summed E-state index contributed by atoms with van der Waals surface area (Å²) in [5, 5.41) is 3.15. The Morgan fingerprint density at radius 2 is 2.05 bits per heavy atom. The van der Waals surface area contributed by atoms with Gasteiger partial charge in [0.25, 0.3) is 0 Å². The highest BCUT2D eigenvalue weighted by Gasteiger charge is 2.16. The second-order valence-electron chi connectivity index (χ2n) is 5.37. The minimum Gasteiger partial charge on any atom is -0.497 e. The third-order valence-electron chi connectivity index (χ3n) is 3.87. The minimum atomic E-state index is 0.139. The first-order valence-corrected chi connectivity index (χ1v) is 7.12. The van der Waals surface area contributed by atoms with Crippen LogP contribution in [-0.2, 0) is 11.2 Å². The molecule has 0 aromatic heterocycles. The molecule has 0 saturated heterocycles. The summed E-state index contributed by atoms with van der Waals surface area (Å²) in [5.74, 6) is 0.981. The van der Waals surface area contributed by atoms with Gasteiger partial charge in [0.2, 0.25) is 5.91 Å². The molecule has 1 aliphatic rings. The van der Waals surface area contributed by atoms with Crippen LogP contribution in [0.4, 0.5) is 0 Å². The number of rotatable bonds is 4. The lowest BCUT2D eigenvalue weighted by Gasteiger charge is -2.23. The first-order valence-electron chi connectivity index (χ1n) is 7.12. The number of amides is 1. The van der Waals surface area contributed by atoms with Crippen molar-refractivity contribution < 1.29 is 9.53 Å². The Morgan fingerprint density at radius 3 is 2.68 bits per heavy atom. The van der Waals surface area contributed by atoms with Crippen molar-refractivity contribution in [3.8, 4) is 5.75 Å². The molecule has 1 fully saturated rings. The Labute approximate surface area is 115 Å². The Kier molecular flexibility index (Phi) is 4.83. The number of benzene rings is 1. The summed E-state index contributed by atoms with van der Waals surface area (Å²) in [6.45, 7) is 2.02. The molecule has 1 N–H and O–H groups in total. The van der Waals surface area contributed by atoms with Crippen molar-refractivity contribution in [2.24, 2.45) is 0 Å². The molecule has 0 atom stereocenters. The van der Waals surface area contributed by atoms with Crippen LogP contribution in [0.1, 0.15) is 43.2 Å². The van der Waals surface area contributed by atoms with Gasteiger partial charge < -0.3 is 10.1 Å². The van der Waals surface area contributed by atoms with Crippen molar-refractivity contribution in [2.75, 3.05) is 7.11 Å². The number of carbonyl (C=O) groups is 1. The lowest BCUT2D eigenvalue weighted by Crippen LogP contribution is -2.37. The molecular weight excluding hydrogens is 238 g/mol. The lowest BCUT2D eigenvalue weighted by atomic mass is 9.95. The van der Waals surface area contributed by atoms with Crippen LogP contribution in [0.3, 0.4) is 0 Å². The first-order chi connectivity index (χ1) is 9.19. The number of ether oxygens (including phenoxy) is 1. The van der Waals surface area contributed by atoms with Crippen molar-refractivity contribution in [3.05, 3.63) is 29.3 Å². The molecule has 1 amide bonds. The molecule has 0 spiro atoms. The Hall–Kier alpha value is -1.51. The molecule has 1 aromatic carbocycles. The van der Waals surface area contributed by atoms with E-state index >= 15 is 0 Å². The van der Waals surface area contributed by atoms with Gasteiger partial charge in [0.05, 0.1) is 13.5 Å². The van der Waals surface area contributed by atoms with Crippen molar-refractivity contribution >= 4 is 5.91 Å². The Balaban J connectivity index is 1.91. The number of carbonyl (C=O) groups excluding carboxylic acids is 1. The highest BCUT2D eigenvalue weighted by Crippen LogP contribution is 2.19. The zero-order valence-electron chi connectivity index (χ0n) is 11.9. The molecule has 1 aliphatic carbocycles. The number of hydrogen-bond donors (Lipinski definition) is 1. The average molecular weight is 261 g/mol. The summed E-state index contributed by atoms with van der Waals surface area (Å²) < 4.78 is 5.18. The van der Waals surface area contributed by atoms with Crippen LogP contribution in [-0.4, -0.2) is 19.1 Å². The molecule has 0 heterocycles. The van der Waals surface area contributed by atoms with Crippen LogP contribution in [0.25, 0.3) is 0 Å². The third-order valence-corrected chi connectivity index (χ3v) is 3.87. The number of nitrogens with one attached hydrogen (secondary N) is 1. The Bertz CT molecular complexity index is 436. The van der Waals surface area contributed by atoms with E-state index in [0.717, 1.165) is 29.7 Å². The molecule has 3 heteroatoms. The van der Waals surface area contributed by atoms with Crippen LogP contribution in [0, 0.1) is 6.92 Å². The first kappa shape index (κ1) is 13.9. The zero-order valence-corrected chi connectivity index (χ0v) is 11.9.